The number of nitrogens with zero attached hydrogens (tertiary/aromatic N) is 1. The Kier molecular flexibility index (Phi) is 4.60. The Morgan fingerprint density at radius 1 is 1.36 bits per heavy atom. The van der Waals surface area contributed by atoms with Crippen LogP contribution in [0.1, 0.15) is 36.0 Å². The van der Waals surface area contributed by atoms with Crippen molar-refractivity contribution in [2.24, 2.45) is 5.92 Å². The fourth-order valence-electron chi connectivity index (χ4n) is 3.10. The van der Waals surface area contributed by atoms with E-state index in [1.807, 2.05) is 6.07 Å². The molecule has 1 heterocycles. The molecule has 116 valence electrons. The van der Waals surface area contributed by atoms with Crippen molar-refractivity contribution >= 4 is 28.4 Å². The number of carbonyl (C=O) groups excluding carboxylic acids is 1. The summed E-state index contributed by atoms with van der Waals surface area (Å²) < 4.78 is 0. The van der Waals surface area contributed by atoms with E-state index in [1.165, 1.54) is 0 Å². The lowest BCUT2D eigenvalue weighted by atomic mass is 9.87. The summed E-state index contributed by atoms with van der Waals surface area (Å²) in [6.07, 6.45) is 5.14. The summed E-state index contributed by atoms with van der Waals surface area (Å²) in [5, 5.41) is 14.0. The summed E-state index contributed by atoms with van der Waals surface area (Å²) in [4.78, 5) is 16.7. The normalized spacial score (nSPS) is 21.7. The first kappa shape index (κ1) is 15.3. The van der Waals surface area contributed by atoms with E-state index in [4.69, 9.17) is 11.6 Å². The highest BCUT2D eigenvalue weighted by molar-refractivity contribution is 6.36. The number of nitrogens with one attached hydrogen (secondary N) is 1. The number of halogens is 1. The molecule has 4 nitrogen and oxygen atoms in total. The van der Waals surface area contributed by atoms with Gasteiger partial charge in [-0.1, -0.05) is 18.0 Å². The van der Waals surface area contributed by atoms with Gasteiger partial charge in [0, 0.05) is 18.1 Å². The number of rotatable bonds is 3. The van der Waals surface area contributed by atoms with Gasteiger partial charge in [0.1, 0.15) is 0 Å². The highest BCUT2D eigenvalue weighted by Gasteiger charge is 2.21. The quantitative estimate of drug-likeness (QED) is 0.913. The van der Waals surface area contributed by atoms with Gasteiger partial charge in [0.05, 0.1) is 22.2 Å². The molecular weight excluding hydrogens is 300 g/mol. The Morgan fingerprint density at radius 3 is 3.05 bits per heavy atom. The van der Waals surface area contributed by atoms with Gasteiger partial charge >= 0.3 is 0 Å². The number of fused-ring (bicyclic) bond motifs is 1. The third-order valence-electron chi connectivity index (χ3n) is 4.27. The van der Waals surface area contributed by atoms with E-state index in [2.05, 4.69) is 10.3 Å². The Morgan fingerprint density at radius 2 is 2.23 bits per heavy atom. The van der Waals surface area contributed by atoms with Gasteiger partial charge < -0.3 is 10.4 Å². The van der Waals surface area contributed by atoms with Gasteiger partial charge in [-0.25, -0.2) is 0 Å². The van der Waals surface area contributed by atoms with E-state index < -0.39 is 0 Å². The lowest BCUT2D eigenvalue weighted by Crippen LogP contribution is -2.33. The molecule has 5 heteroatoms. The first-order chi connectivity index (χ1) is 10.6. The molecule has 0 saturated heterocycles. The number of carbonyl (C=O) groups is 1. The zero-order valence-corrected chi connectivity index (χ0v) is 13.0. The van der Waals surface area contributed by atoms with Crippen LogP contribution < -0.4 is 5.32 Å². The van der Waals surface area contributed by atoms with E-state index in [0.717, 1.165) is 31.1 Å². The lowest BCUT2D eigenvalue weighted by molar-refractivity contribution is 0.0875. The molecule has 1 amide bonds. The van der Waals surface area contributed by atoms with Gasteiger partial charge in [-0.15, -0.1) is 0 Å². The van der Waals surface area contributed by atoms with Crippen LogP contribution in [0.2, 0.25) is 5.02 Å². The maximum atomic E-state index is 12.4. The minimum absolute atomic E-state index is 0.138. The molecule has 2 unspecified atom stereocenters. The molecule has 2 N–H and O–H groups in total. The maximum absolute atomic E-state index is 12.4. The molecule has 1 aromatic heterocycles. The summed E-state index contributed by atoms with van der Waals surface area (Å²) in [6.45, 7) is 0.590. The number of aliphatic hydroxyl groups is 1. The number of aromatic nitrogens is 1. The molecule has 2 atom stereocenters. The van der Waals surface area contributed by atoms with Crippen molar-refractivity contribution in [3.63, 3.8) is 0 Å². The second-order valence-electron chi connectivity index (χ2n) is 5.89. The summed E-state index contributed by atoms with van der Waals surface area (Å²) in [6, 6.07) is 7.10. The van der Waals surface area contributed by atoms with Crippen LogP contribution in [0.25, 0.3) is 10.9 Å². The van der Waals surface area contributed by atoms with E-state index in [-0.39, 0.29) is 12.0 Å². The topological polar surface area (TPSA) is 62.2 Å². The zero-order valence-electron chi connectivity index (χ0n) is 12.3. The molecule has 0 bridgehead atoms. The van der Waals surface area contributed by atoms with Gasteiger partial charge in [-0.3, -0.25) is 9.78 Å². The standard InChI is InChI=1S/C17H19ClN2O2/c18-15-7-6-14(16-13(15)5-2-8-19-16)17(22)20-10-11-3-1-4-12(21)9-11/h2,5-8,11-12,21H,1,3-4,9-10H2,(H,20,22). The molecular formula is C17H19ClN2O2. The monoisotopic (exact) mass is 318 g/mol. The molecule has 0 radical (unpaired) electrons. The number of amides is 1. The molecule has 22 heavy (non-hydrogen) atoms. The predicted octanol–water partition coefficient (Wildman–Crippen LogP) is 3.17. The minimum Gasteiger partial charge on any atom is -0.393 e. The largest absolute Gasteiger partial charge is 0.393 e. The van der Waals surface area contributed by atoms with Gasteiger partial charge in [-0.05, 0) is 49.4 Å². The van der Waals surface area contributed by atoms with E-state index >= 15 is 0 Å². The van der Waals surface area contributed by atoms with Crippen LogP contribution in [0.15, 0.2) is 30.5 Å². The number of aliphatic hydroxyl groups excluding tert-OH is 1. The van der Waals surface area contributed by atoms with Crippen molar-refractivity contribution in [3.05, 3.63) is 41.0 Å². The lowest BCUT2D eigenvalue weighted by Gasteiger charge is -2.25. The maximum Gasteiger partial charge on any atom is 0.253 e. The van der Waals surface area contributed by atoms with Gasteiger partial charge in [-0.2, -0.15) is 0 Å². The van der Waals surface area contributed by atoms with Crippen molar-refractivity contribution in [2.75, 3.05) is 6.54 Å². The molecule has 1 aromatic carbocycles. The predicted molar refractivity (Wildman–Crippen MR) is 87.1 cm³/mol. The molecule has 0 spiro atoms. The fraction of sp³-hybridized carbons (Fsp3) is 0.412. The Bertz CT molecular complexity index is 689. The Hall–Kier alpha value is -1.65. The third-order valence-corrected chi connectivity index (χ3v) is 4.60. The van der Waals surface area contributed by atoms with E-state index in [1.54, 1.807) is 24.4 Å². The average Bonchev–Trinajstić information content (AvgIpc) is 2.53. The van der Waals surface area contributed by atoms with E-state index in [9.17, 15) is 9.90 Å². The average molecular weight is 319 g/mol. The summed E-state index contributed by atoms with van der Waals surface area (Å²) in [5.41, 5.74) is 1.16. The van der Waals surface area contributed by atoms with Crippen molar-refractivity contribution < 1.29 is 9.90 Å². The summed E-state index contributed by atoms with van der Waals surface area (Å²) in [7, 11) is 0. The molecule has 1 aliphatic carbocycles. The van der Waals surface area contributed by atoms with Crippen LogP contribution >= 0.6 is 11.6 Å². The van der Waals surface area contributed by atoms with Gasteiger partial charge in [0.2, 0.25) is 0 Å². The van der Waals surface area contributed by atoms with Crippen molar-refractivity contribution in [1.29, 1.82) is 0 Å². The number of hydrogen-bond donors (Lipinski definition) is 2. The Labute approximate surface area is 134 Å². The van der Waals surface area contributed by atoms with Crippen molar-refractivity contribution in [3.8, 4) is 0 Å². The van der Waals surface area contributed by atoms with Crippen LogP contribution in [-0.2, 0) is 0 Å². The SMILES string of the molecule is O=C(NCC1CCCC(O)C1)c1ccc(Cl)c2cccnc12. The molecule has 3 rings (SSSR count). The van der Waals surface area contributed by atoms with Gasteiger partial charge in [0.25, 0.3) is 5.91 Å². The van der Waals surface area contributed by atoms with Crippen LogP contribution in [0.5, 0.6) is 0 Å². The smallest absolute Gasteiger partial charge is 0.253 e. The molecule has 1 aliphatic rings. The Balaban J connectivity index is 1.74. The first-order valence-electron chi connectivity index (χ1n) is 7.64. The van der Waals surface area contributed by atoms with Crippen LogP contribution in [0, 0.1) is 5.92 Å². The second kappa shape index (κ2) is 6.63. The second-order valence-corrected chi connectivity index (χ2v) is 6.30. The highest BCUT2D eigenvalue weighted by Crippen LogP contribution is 2.26. The minimum atomic E-state index is -0.228. The van der Waals surface area contributed by atoms with Crippen LogP contribution in [0.4, 0.5) is 0 Å². The third kappa shape index (κ3) is 3.23. The fourth-order valence-corrected chi connectivity index (χ4v) is 3.32. The number of benzene rings is 1. The van der Waals surface area contributed by atoms with Gasteiger partial charge in [0.15, 0.2) is 0 Å². The molecule has 1 fully saturated rings. The van der Waals surface area contributed by atoms with Crippen molar-refractivity contribution in [1.82, 2.24) is 10.3 Å². The highest BCUT2D eigenvalue weighted by atomic mass is 35.5. The number of pyridine rings is 1. The molecule has 2 aromatic rings. The van der Waals surface area contributed by atoms with Crippen LogP contribution in [0.3, 0.4) is 0 Å². The van der Waals surface area contributed by atoms with Crippen molar-refractivity contribution in [2.45, 2.75) is 31.8 Å². The van der Waals surface area contributed by atoms with E-state index in [0.29, 0.717) is 28.6 Å². The molecule has 0 aliphatic heterocycles. The zero-order chi connectivity index (χ0) is 15.5. The summed E-state index contributed by atoms with van der Waals surface area (Å²) in [5.74, 6) is 0.208. The molecule has 1 saturated carbocycles. The van der Waals surface area contributed by atoms with Crippen LogP contribution in [-0.4, -0.2) is 28.6 Å². The summed E-state index contributed by atoms with van der Waals surface area (Å²) >= 11 is 6.15. The first-order valence-corrected chi connectivity index (χ1v) is 8.02. The number of hydrogen-bond acceptors (Lipinski definition) is 3.